The molecule has 35 heavy (non-hydrogen) atoms. The Hall–Kier alpha value is -3.76. The zero-order valence-corrected chi connectivity index (χ0v) is 19.7. The molecule has 0 amide bonds. The molecule has 1 N–H and O–H groups in total. The van der Waals surface area contributed by atoms with Gasteiger partial charge in [-0.05, 0) is 42.8 Å². The van der Waals surface area contributed by atoms with Gasteiger partial charge in [0.1, 0.15) is 23.7 Å². The molecule has 1 atom stereocenters. The molecule has 2 aliphatic heterocycles. The van der Waals surface area contributed by atoms with Gasteiger partial charge in [-0.1, -0.05) is 17.7 Å². The molecular formula is C24H15ClFN5O3S. The summed E-state index contributed by atoms with van der Waals surface area (Å²) < 4.78 is 47.1. The predicted octanol–water partition coefficient (Wildman–Crippen LogP) is 4.63. The number of hydrogen-bond donors (Lipinski definition) is 1. The lowest BCUT2D eigenvalue weighted by atomic mass is 10.0. The normalized spacial score (nSPS) is 18.7. The van der Waals surface area contributed by atoms with E-state index >= 15 is 0 Å². The number of rotatable bonds is 4. The maximum absolute atomic E-state index is 14.7. The topological polar surface area (TPSA) is 98.5 Å². The van der Waals surface area contributed by atoms with Gasteiger partial charge in [-0.2, -0.15) is 0 Å². The second kappa shape index (κ2) is 6.89. The van der Waals surface area contributed by atoms with Crippen LogP contribution in [0.4, 0.5) is 10.3 Å². The first-order valence-electron chi connectivity index (χ1n) is 10.7. The summed E-state index contributed by atoms with van der Waals surface area (Å²) in [5.41, 5.74) is 3.67. The van der Waals surface area contributed by atoms with Crippen molar-refractivity contribution in [2.24, 2.45) is 0 Å². The minimum atomic E-state index is -3.57. The van der Waals surface area contributed by atoms with Crippen molar-refractivity contribution in [3.05, 3.63) is 82.1 Å². The maximum atomic E-state index is 14.7. The molecule has 0 fully saturated rings. The van der Waals surface area contributed by atoms with Crippen LogP contribution in [-0.4, -0.2) is 28.0 Å². The number of allylic oxidation sites excluding steroid dienone is 3. The summed E-state index contributed by atoms with van der Waals surface area (Å²) in [5.74, 6) is 1.72. The number of anilines is 1. The second-order valence-electron chi connectivity index (χ2n) is 8.54. The van der Waals surface area contributed by atoms with Gasteiger partial charge in [0.15, 0.2) is 5.65 Å². The van der Waals surface area contributed by atoms with E-state index in [1.54, 1.807) is 34.9 Å². The number of hydrogen-bond acceptors (Lipinski definition) is 7. The van der Waals surface area contributed by atoms with Crippen LogP contribution in [0.25, 0.3) is 21.8 Å². The highest BCUT2D eigenvalue weighted by Gasteiger charge is 2.41. The molecule has 2 aromatic heterocycles. The molecule has 4 heterocycles. The zero-order valence-electron chi connectivity index (χ0n) is 18.1. The Balaban J connectivity index is 1.25. The maximum Gasteiger partial charge on any atom is 0.210 e. The molecule has 7 rings (SSSR count). The van der Waals surface area contributed by atoms with Crippen molar-refractivity contribution in [1.82, 2.24) is 19.6 Å². The largest absolute Gasteiger partial charge is 0.461 e. The van der Waals surface area contributed by atoms with Crippen molar-refractivity contribution in [1.29, 1.82) is 0 Å². The molecule has 0 spiro atoms. The van der Waals surface area contributed by atoms with Crippen LogP contribution in [0.3, 0.4) is 0 Å². The monoisotopic (exact) mass is 507 g/mol. The summed E-state index contributed by atoms with van der Waals surface area (Å²) in [7, 11) is -3.57. The molecular weight excluding hydrogens is 493 g/mol. The summed E-state index contributed by atoms with van der Waals surface area (Å²) in [5, 5.41) is 11.6. The summed E-state index contributed by atoms with van der Waals surface area (Å²) >= 11 is 6.32. The van der Waals surface area contributed by atoms with E-state index in [-0.39, 0.29) is 33.1 Å². The van der Waals surface area contributed by atoms with Crippen molar-refractivity contribution in [3.63, 3.8) is 0 Å². The average molecular weight is 508 g/mol. The van der Waals surface area contributed by atoms with Crippen LogP contribution in [-0.2, 0) is 16.4 Å². The highest BCUT2D eigenvalue weighted by molar-refractivity contribution is 7.96. The van der Waals surface area contributed by atoms with Gasteiger partial charge in [0.25, 0.3) is 0 Å². The summed E-state index contributed by atoms with van der Waals surface area (Å²) in [6, 6.07) is 8.01. The molecule has 0 unspecified atom stereocenters. The van der Waals surface area contributed by atoms with Gasteiger partial charge in [-0.25, -0.2) is 17.8 Å². The molecule has 4 aromatic rings. The van der Waals surface area contributed by atoms with Crippen molar-refractivity contribution >= 4 is 38.1 Å². The van der Waals surface area contributed by atoms with Crippen LogP contribution in [0.5, 0.6) is 5.75 Å². The van der Waals surface area contributed by atoms with E-state index in [2.05, 4.69) is 20.5 Å². The van der Waals surface area contributed by atoms with E-state index < -0.39 is 9.84 Å². The first kappa shape index (κ1) is 20.6. The number of nitrogens with one attached hydrogen (secondary N) is 1. The van der Waals surface area contributed by atoms with E-state index in [0.29, 0.717) is 39.6 Å². The van der Waals surface area contributed by atoms with Crippen molar-refractivity contribution in [2.45, 2.75) is 24.3 Å². The Morgan fingerprint density at radius 1 is 1.23 bits per heavy atom. The van der Waals surface area contributed by atoms with E-state index in [1.165, 1.54) is 19.3 Å². The number of nitrogens with zero attached hydrogens (tertiary/aromatic N) is 4. The quantitative estimate of drug-likeness (QED) is 0.430. The minimum absolute atomic E-state index is 0.0518. The Morgan fingerprint density at radius 3 is 2.94 bits per heavy atom. The van der Waals surface area contributed by atoms with Gasteiger partial charge in [0.05, 0.1) is 20.8 Å². The smallest absolute Gasteiger partial charge is 0.210 e. The number of fused-ring (bicyclic) bond motifs is 5. The Kier molecular flexibility index (Phi) is 4.06. The molecule has 11 heteroatoms. The highest BCUT2D eigenvalue weighted by Crippen LogP contribution is 2.53. The first-order chi connectivity index (χ1) is 16.8. The van der Waals surface area contributed by atoms with E-state index in [0.717, 1.165) is 11.3 Å². The Labute approximate surface area is 203 Å². The molecule has 1 aliphatic carbocycles. The van der Waals surface area contributed by atoms with Crippen LogP contribution in [0.2, 0.25) is 0 Å². The second-order valence-corrected chi connectivity index (χ2v) is 11.0. The highest BCUT2D eigenvalue weighted by atomic mass is 35.5. The number of benzene rings is 2. The fraction of sp³-hybridized carbons (Fsp3) is 0.125. The molecule has 3 aliphatic rings. The van der Waals surface area contributed by atoms with E-state index in [4.69, 9.17) is 16.3 Å². The summed E-state index contributed by atoms with van der Waals surface area (Å²) in [4.78, 5) is 4.84. The molecule has 0 saturated carbocycles. The number of sulfone groups is 1. The lowest BCUT2D eigenvalue weighted by Crippen LogP contribution is -2.10. The predicted molar refractivity (Wildman–Crippen MR) is 127 cm³/mol. The Bertz CT molecular complexity index is 1790. The number of aromatic nitrogens is 4. The van der Waals surface area contributed by atoms with Gasteiger partial charge in [0.2, 0.25) is 15.8 Å². The fourth-order valence-electron chi connectivity index (χ4n) is 4.69. The van der Waals surface area contributed by atoms with Crippen LogP contribution in [0.15, 0.2) is 64.5 Å². The third-order valence-corrected chi connectivity index (χ3v) is 9.16. The van der Waals surface area contributed by atoms with E-state index in [1.807, 2.05) is 6.08 Å². The van der Waals surface area contributed by atoms with Crippen LogP contribution in [0.1, 0.15) is 29.5 Å². The molecule has 2 aromatic carbocycles. The van der Waals surface area contributed by atoms with Gasteiger partial charge in [-0.3, -0.25) is 4.40 Å². The average Bonchev–Trinajstić information content (AvgIpc) is 3.20. The molecule has 0 bridgehead atoms. The standard InChI is InChI=1S/C24H15ClFN5O3S/c1-11-22(25)14-6-12(2-5-20(14)35(11,32)33)15-8-27-24(31-10-29-30-23(15)31)28-9-16-17(26)3-4-18-21(16)13-7-19(13)34-18/h2-8,10,13H,9H2,1H3,(H,27,28)/t13-/m0/s1. The van der Waals surface area contributed by atoms with E-state index in [9.17, 15) is 12.8 Å². The van der Waals surface area contributed by atoms with Crippen molar-refractivity contribution in [3.8, 4) is 16.9 Å². The number of ether oxygens (including phenoxy) is 1. The van der Waals surface area contributed by atoms with Gasteiger partial charge >= 0.3 is 0 Å². The lowest BCUT2D eigenvalue weighted by molar-refractivity contribution is 0.466. The Morgan fingerprint density at radius 2 is 2.09 bits per heavy atom. The third kappa shape index (κ3) is 2.83. The van der Waals surface area contributed by atoms with Gasteiger partial charge in [-0.15, -0.1) is 10.2 Å². The molecule has 0 radical (unpaired) electrons. The van der Waals surface area contributed by atoms with Crippen LogP contribution < -0.4 is 10.1 Å². The van der Waals surface area contributed by atoms with Crippen LogP contribution in [0, 0.1) is 5.82 Å². The lowest BCUT2D eigenvalue weighted by Gasteiger charge is -2.13. The van der Waals surface area contributed by atoms with Crippen LogP contribution >= 0.6 is 11.6 Å². The summed E-state index contributed by atoms with van der Waals surface area (Å²) in [6.45, 7) is 1.69. The summed E-state index contributed by atoms with van der Waals surface area (Å²) in [6.07, 6.45) is 5.09. The van der Waals surface area contributed by atoms with Gasteiger partial charge in [0, 0.05) is 35.0 Å². The minimum Gasteiger partial charge on any atom is -0.461 e. The fourth-order valence-corrected chi connectivity index (χ4v) is 6.58. The van der Waals surface area contributed by atoms with Gasteiger partial charge < -0.3 is 10.1 Å². The first-order valence-corrected chi connectivity index (χ1v) is 12.6. The third-order valence-electron chi connectivity index (χ3n) is 6.61. The van der Waals surface area contributed by atoms with Crippen molar-refractivity contribution in [2.75, 3.05) is 5.32 Å². The zero-order chi connectivity index (χ0) is 24.1. The molecule has 0 saturated heterocycles. The molecule has 174 valence electrons. The molecule has 8 nitrogen and oxygen atoms in total. The van der Waals surface area contributed by atoms with Crippen molar-refractivity contribution < 1.29 is 17.5 Å². The number of halogens is 2. The SMILES string of the molecule is CC1=C(Cl)c2cc(-c3cnc(NCc4c(F)ccc5c4[C@H]4C=C4O5)n4cnnc34)ccc2S1(=O)=O.